The molecule has 0 spiro atoms. The van der Waals surface area contributed by atoms with Crippen LogP contribution in [0.15, 0.2) is 23.3 Å². The van der Waals surface area contributed by atoms with Gasteiger partial charge in [-0.3, -0.25) is 9.59 Å². The van der Waals surface area contributed by atoms with Gasteiger partial charge >= 0.3 is 0 Å². The number of nitrogens with one attached hydrogen (secondary N) is 1. The summed E-state index contributed by atoms with van der Waals surface area (Å²) in [4.78, 5) is 25.6. The Morgan fingerprint density at radius 1 is 1.32 bits per heavy atom. The molecule has 2 N–H and O–H groups in total. The number of aromatic hydroxyl groups is 1. The Bertz CT molecular complexity index is 585. The highest BCUT2D eigenvalue weighted by atomic mass is 127. The summed E-state index contributed by atoms with van der Waals surface area (Å²) in [5, 5.41) is 15.8. The quantitative estimate of drug-likeness (QED) is 0.160. The number of rotatable bonds is 9. The Kier molecular flexibility index (Phi) is 8.31. The zero-order valence-electron chi connectivity index (χ0n) is 12.0. The van der Waals surface area contributed by atoms with Gasteiger partial charge in [0.05, 0.1) is 9.99 Å². The van der Waals surface area contributed by atoms with Crippen LogP contribution in [0.4, 0.5) is 5.69 Å². The third kappa shape index (κ3) is 6.31. The van der Waals surface area contributed by atoms with Crippen LogP contribution in [0.3, 0.4) is 0 Å². The second-order valence-electron chi connectivity index (χ2n) is 4.63. The molecule has 8 heteroatoms. The maximum atomic E-state index is 11.9. The number of halogens is 1. The summed E-state index contributed by atoms with van der Waals surface area (Å²) in [5.41, 5.74) is 8.68. The van der Waals surface area contributed by atoms with Gasteiger partial charge < -0.3 is 10.4 Å². The fourth-order valence-corrected chi connectivity index (χ4v) is 2.20. The molecule has 0 aliphatic carbocycles. The first-order chi connectivity index (χ1) is 10.6. The average molecular weight is 416 g/mol. The maximum absolute atomic E-state index is 11.9. The predicted octanol–water partition coefficient (Wildman–Crippen LogP) is 3.63. The maximum Gasteiger partial charge on any atom is 0.255 e. The molecular formula is C14H17IN4O3. The van der Waals surface area contributed by atoms with E-state index in [1.54, 1.807) is 0 Å². The van der Waals surface area contributed by atoms with Gasteiger partial charge in [0.15, 0.2) is 0 Å². The Labute approximate surface area is 141 Å². The number of benzene rings is 1. The monoisotopic (exact) mass is 416 g/mol. The SMILES string of the molecule is [N-]=[N+]=Nc1ccc(C(=O)NCCCCCC(=O)CI)c(O)c1. The first-order valence-electron chi connectivity index (χ1n) is 6.82. The Balaban J connectivity index is 2.36. The van der Waals surface area contributed by atoms with Crippen molar-refractivity contribution in [2.24, 2.45) is 5.11 Å². The molecule has 0 fully saturated rings. The van der Waals surface area contributed by atoms with Crippen molar-refractivity contribution in [1.82, 2.24) is 5.32 Å². The van der Waals surface area contributed by atoms with E-state index in [4.69, 9.17) is 5.53 Å². The lowest BCUT2D eigenvalue weighted by molar-refractivity contribution is -0.116. The molecule has 0 radical (unpaired) electrons. The van der Waals surface area contributed by atoms with Crippen molar-refractivity contribution in [1.29, 1.82) is 0 Å². The minimum absolute atomic E-state index is 0.136. The number of hydrogen-bond donors (Lipinski definition) is 2. The fourth-order valence-electron chi connectivity index (χ4n) is 1.81. The molecule has 118 valence electrons. The standard InChI is InChI=1S/C14H17IN4O3/c15-9-11(20)4-2-1-3-7-17-14(22)12-6-5-10(18-19-16)8-13(12)21/h5-6,8,21H,1-4,7,9H2,(H,17,22). The van der Waals surface area contributed by atoms with Crippen LogP contribution in [0.5, 0.6) is 5.75 Å². The number of alkyl halides is 1. The first-order valence-corrected chi connectivity index (χ1v) is 8.35. The van der Waals surface area contributed by atoms with Gasteiger partial charge in [0.25, 0.3) is 5.91 Å². The van der Waals surface area contributed by atoms with E-state index in [0.717, 1.165) is 19.3 Å². The van der Waals surface area contributed by atoms with Crippen LogP contribution in [-0.2, 0) is 4.79 Å². The predicted molar refractivity (Wildman–Crippen MR) is 91.6 cm³/mol. The van der Waals surface area contributed by atoms with Crippen LogP contribution in [0.25, 0.3) is 10.4 Å². The number of unbranched alkanes of at least 4 members (excludes halogenated alkanes) is 2. The van der Waals surface area contributed by atoms with Crippen LogP contribution >= 0.6 is 22.6 Å². The van der Waals surface area contributed by atoms with Gasteiger partial charge in [-0.15, -0.1) is 0 Å². The van der Waals surface area contributed by atoms with Gasteiger partial charge in [-0.2, -0.15) is 0 Å². The lowest BCUT2D eigenvalue weighted by Crippen LogP contribution is -2.24. The number of amides is 1. The first kappa shape index (κ1) is 18.2. The molecule has 0 unspecified atom stereocenters. The van der Waals surface area contributed by atoms with Crippen molar-refractivity contribution >= 4 is 40.0 Å². The average Bonchev–Trinajstić information content (AvgIpc) is 2.50. The lowest BCUT2D eigenvalue weighted by atomic mass is 10.1. The van der Waals surface area contributed by atoms with Crippen molar-refractivity contribution in [2.45, 2.75) is 25.7 Å². The molecule has 0 saturated heterocycles. The summed E-state index contributed by atoms with van der Waals surface area (Å²) >= 11 is 2.05. The van der Waals surface area contributed by atoms with Crippen molar-refractivity contribution in [3.05, 3.63) is 34.2 Å². The molecule has 0 bridgehead atoms. The molecule has 0 heterocycles. The summed E-state index contributed by atoms with van der Waals surface area (Å²) in [7, 11) is 0. The van der Waals surface area contributed by atoms with Crippen LogP contribution in [-0.4, -0.2) is 27.8 Å². The number of nitrogens with zero attached hydrogens (tertiary/aromatic N) is 3. The zero-order valence-corrected chi connectivity index (χ0v) is 14.1. The molecule has 22 heavy (non-hydrogen) atoms. The summed E-state index contributed by atoms with van der Waals surface area (Å²) in [6.07, 6.45) is 3.05. The largest absolute Gasteiger partial charge is 0.507 e. The topological polar surface area (TPSA) is 115 Å². The van der Waals surface area contributed by atoms with E-state index < -0.39 is 0 Å². The smallest absolute Gasteiger partial charge is 0.255 e. The third-order valence-electron chi connectivity index (χ3n) is 2.95. The van der Waals surface area contributed by atoms with Crippen molar-refractivity contribution in [3.8, 4) is 5.75 Å². The molecule has 1 aromatic rings. The molecular weight excluding hydrogens is 399 g/mol. The summed E-state index contributed by atoms with van der Waals surface area (Å²) in [5.74, 6) is -0.363. The number of phenolic OH excluding ortho intramolecular Hbond substituents is 1. The molecule has 7 nitrogen and oxygen atoms in total. The second-order valence-corrected chi connectivity index (χ2v) is 5.39. The molecule has 0 saturated carbocycles. The minimum atomic E-state index is -0.381. The molecule has 1 amide bonds. The zero-order chi connectivity index (χ0) is 16.4. The minimum Gasteiger partial charge on any atom is -0.507 e. The number of azide groups is 1. The Morgan fingerprint density at radius 2 is 2.09 bits per heavy atom. The van der Waals surface area contributed by atoms with Gasteiger partial charge in [0, 0.05) is 23.6 Å². The summed E-state index contributed by atoms with van der Waals surface area (Å²) in [6.45, 7) is 0.481. The van der Waals surface area contributed by atoms with Gasteiger partial charge in [-0.25, -0.2) is 0 Å². The number of phenols is 1. The van der Waals surface area contributed by atoms with E-state index in [0.29, 0.717) is 17.4 Å². The van der Waals surface area contributed by atoms with Crippen molar-refractivity contribution in [3.63, 3.8) is 0 Å². The van der Waals surface area contributed by atoms with E-state index >= 15 is 0 Å². The number of hydrogen-bond acceptors (Lipinski definition) is 4. The van der Waals surface area contributed by atoms with E-state index in [2.05, 4.69) is 37.9 Å². The third-order valence-corrected chi connectivity index (χ3v) is 3.80. The Morgan fingerprint density at radius 3 is 2.73 bits per heavy atom. The summed E-state index contributed by atoms with van der Waals surface area (Å²) < 4.78 is 0.541. The summed E-state index contributed by atoms with van der Waals surface area (Å²) in [6, 6.07) is 4.11. The Hall–Kier alpha value is -1.80. The molecule has 1 aromatic carbocycles. The van der Waals surface area contributed by atoms with Gasteiger partial charge in [0.2, 0.25) is 0 Å². The number of carbonyl (C=O) groups is 2. The van der Waals surface area contributed by atoms with E-state index in [-0.39, 0.29) is 28.7 Å². The van der Waals surface area contributed by atoms with Gasteiger partial charge in [-0.05, 0) is 30.5 Å². The fraction of sp³-hybridized carbons (Fsp3) is 0.429. The number of carbonyl (C=O) groups excluding carboxylic acids is 2. The van der Waals surface area contributed by atoms with E-state index in [9.17, 15) is 14.7 Å². The molecule has 0 aromatic heterocycles. The molecule has 1 rings (SSSR count). The molecule has 0 aliphatic rings. The van der Waals surface area contributed by atoms with Crippen LogP contribution in [0, 0.1) is 0 Å². The van der Waals surface area contributed by atoms with Crippen molar-refractivity contribution < 1.29 is 14.7 Å². The highest BCUT2D eigenvalue weighted by Crippen LogP contribution is 2.23. The van der Waals surface area contributed by atoms with Crippen LogP contribution in [0.2, 0.25) is 0 Å². The van der Waals surface area contributed by atoms with Crippen molar-refractivity contribution in [2.75, 3.05) is 11.0 Å². The van der Waals surface area contributed by atoms with E-state index in [1.807, 2.05) is 0 Å². The van der Waals surface area contributed by atoms with Gasteiger partial charge in [-0.1, -0.05) is 40.2 Å². The molecule has 0 aliphatic heterocycles. The second kappa shape index (κ2) is 10.0. The van der Waals surface area contributed by atoms with E-state index in [1.165, 1.54) is 18.2 Å². The highest BCUT2D eigenvalue weighted by Gasteiger charge is 2.10. The molecule has 0 atom stereocenters. The lowest BCUT2D eigenvalue weighted by Gasteiger charge is -2.07. The number of ketones is 1. The number of Topliss-reactive ketones (excluding diaryl/α,β-unsaturated/α-hetero) is 1. The normalized spacial score (nSPS) is 9.86. The highest BCUT2D eigenvalue weighted by molar-refractivity contribution is 14.1. The van der Waals surface area contributed by atoms with Crippen LogP contribution in [0.1, 0.15) is 36.0 Å². The van der Waals surface area contributed by atoms with Gasteiger partial charge in [0.1, 0.15) is 11.5 Å². The van der Waals surface area contributed by atoms with Crippen LogP contribution < -0.4 is 5.32 Å².